The largest absolute Gasteiger partial charge is 0.466 e. The first kappa shape index (κ1) is 21.8. The van der Waals surface area contributed by atoms with Gasteiger partial charge in [-0.25, -0.2) is 4.79 Å². The standard InChI is InChI=1S/C26H28N2O4/c1-3-16-27-24(29)22-20-14-15-26(32-20,23(22)25(30)31-2)21(17-18-10-6-4-7-11-18)28-19-12-8-5-9-13-19/h4-15,20-21,28H,3,16-17H2,1-2H3,(H,27,29). The fourth-order valence-electron chi connectivity index (χ4n) is 4.38. The number of carbonyl (C=O) groups excluding carboxylic acids is 2. The average molecular weight is 433 g/mol. The minimum atomic E-state index is -1.12. The monoisotopic (exact) mass is 432 g/mol. The predicted octanol–water partition coefficient (Wildman–Crippen LogP) is 3.41. The van der Waals surface area contributed by atoms with Gasteiger partial charge in [-0.05, 0) is 36.6 Å². The van der Waals surface area contributed by atoms with E-state index in [-0.39, 0.29) is 17.5 Å². The summed E-state index contributed by atoms with van der Waals surface area (Å²) in [6.45, 7) is 2.50. The van der Waals surface area contributed by atoms with Crippen molar-refractivity contribution in [3.8, 4) is 0 Å². The molecular formula is C26H28N2O4. The zero-order chi connectivity index (χ0) is 22.6. The van der Waals surface area contributed by atoms with Crippen molar-refractivity contribution in [1.82, 2.24) is 5.32 Å². The van der Waals surface area contributed by atoms with Gasteiger partial charge in [0.25, 0.3) is 5.91 Å². The number of methoxy groups -OCH3 is 1. The Balaban J connectivity index is 1.78. The molecule has 6 nitrogen and oxygen atoms in total. The van der Waals surface area contributed by atoms with E-state index < -0.39 is 17.7 Å². The number of hydrogen-bond donors (Lipinski definition) is 2. The summed E-state index contributed by atoms with van der Waals surface area (Å²) in [5.41, 5.74) is 1.47. The SMILES string of the molecule is CCCNC(=O)C1=C(C(=O)OC)C2(C(Cc3ccccc3)Nc3ccccc3)C=CC1O2. The van der Waals surface area contributed by atoms with Crippen molar-refractivity contribution in [3.05, 3.63) is 89.5 Å². The first-order valence-corrected chi connectivity index (χ1v) is 10.9. The van der Waals surface area contributed by atoms with E-state index in [0.29, 0.717) is 18.5 Å². The molecule has 0 radical (unpaired) electrons. The third kappa shape index (κ3) is 4.06. The number of hydrogen-bond acceptors (Lipinski definition) is 5. The number of esters is 1. The Morgan fingerprint density at radius 2 is 1.78 bits per heavy atom. The van der Waals surface area contributed by atoms with Gasteiger partial charge in [0.05, 0.1) is 24.3 Å². The van der Waals surface area contributed by atoms with Gasteiger partial charge in [0, 0.05) is 12.2 Å². The number of amides is 1. The second-order valence-electron chi connectivity index (χ2n) is 7.98. The zero-order valence-electron chi connectivity index (χ0n) is 18.3. The van der Waals surface area contributed by atoms with E-state index >= 15 is 0 Å². The maximum Gasteiger partial charge on any atom is 0.337 e. The van der Waals surface area contributed by atoms with Crippen molar-refractivity contribution in [2.75, 3.05) is 19.0 Å². The van der Waals surface area contributed by atoms with Crippen LogP contribution >= 0.6 is 0 Å². The molecule has 32 heavy (non-hydrogen) atoms. The van der Waals surface area contributed by atoms with Gasteiger partial charge in [-0.15, -0.1) is 0 Å². The quantitative estimate of drug-likeness (QED) is 0.469. The van der Waals surface area contributed by atoms with Crippen molar-refractivity contribution >= 4 is 17.6 Å². The lowest BCUT2D eigenvalue weighted by Gasteiger charge is -2.36. The number of rotatable bonds is 9. The Hall–Kier alpha value is -3.38. The van der Waals surface area contributed by atoms with Gasteiger partial charge in [-0.1, -0.05) is 61.5 Å². The Morgan fingerprint density at radius 1 is 1.09 bits per heavy atom. The summed E-state index contributed by atoms with van der Waals surface area (Å²) in [5.74, 6) is -0.840. The number of anilines is 1. The summed E-state index contributed by atoms with van der Waals surface area (Å²) >= 11 is 0. The molecule has 4 rings (SSSR count). The van der Waals surface area contributed by atoms with E-state index in [1.807, 2.05) is 79.7 Å². The molecule has 2 N–H and O–H groups in total. The first-order chi connectivity index (χ1) is 15.6. The maximum atomic E-state index is 13.0. The van der Waals surface area contributed by atoms with Crippen LogP contribution in [-0.4, -0.2) is 43.3 Å². The van der Waals surface area contributed by atoms with Crippen LogP contribution in [0.5, 0.6) is 0 Å². The molecule has 2 heterocycles. The molecule has 166 valence electrons. The van der Waals surface area contributed by atoms with Crippen LogP contribution in [0.25, 0.3) is 0 Å². The van der Waals surface area contributed by atoms with Gasteiger partial charge < -0.3 is 20.1 Å². The van der Waals surface area contributed by atoms with Gasteiger partial charge in [0.1, 0.15) is 11.7 Å². The van der Waals surface area contributed by atoms with Crippen LogP contribution in [0.2, 0.25) is 0 Å². The summed E-state index contributed by atoms with van der Waals surface area (Å²) in [6.07, 6.45) is 4.54. The molecule has 2 aromatic rings. The lowest BCUT2D eigenvalue weighted by Crippen LogP contribution is -2.49. The van der Waals surface area contributed by atoms with Gasteiger partial charge in [0.2, 0.25) is 0 Å². The normalized spacial score (nSPS) is 22.0. The van der Waals surface area contributed by atoms with Crippen molar-refractivity contribution in [1.29, 1.82) is 0 Å². The van der Waals surface area contributed by atoms with Crippen molar-refractivity contribution in [2.45, 2.75) is 37.5 Å². The summed E-state index contributed by atoms with van der Waals surface area (Å²) in [4.78, 5) is 26.0. The topological polar surface area (TPSA) is 76.7 Å². The number of para-hydroxylation sites is 1. The van der Waals surface area contributed by atoms with Gasteiger partial charge in [-0.2, -0.15) is 0 Å². The number of benzene rings is 2. The van der Waals surface area contributed by atoms with Crippen molar-refractivity contribution in [3.63, 3.8) is 0 Å². The smallest absolute Gasteiger partial charge is 0.337 e. The fraction of sp³-hybridized carbons (Fsp3) is 0.308. The molecule has 2 aliphatic heterocycles. The molecule has 0 saturated heterocycles. The summed E-state index contributed by atoms with van der Waals surface area (Å²) in [7, 11) is 1.33. The van der Waals surface area contributed by atoms with Crippen LogP contribution < -0.4 is 10.6 Å². The van der Waals surface area contributed by atoms with Gasteiger partial charge in [-0.3, -0.25) is 4.79 Å². The van der Waals surface area contributed by atoms with Crippen LogP contribution in [0, 0.1) is 0 Å². The lowest BCUT2D eigenvalue weighted by atomic mass is 9.78. The van der Waals surface area contributed by atoms with Crippen LogP contribution in [-0.2, 0) is 25.5 Å². The highest BCUT2D eigenvalue weighted by atomic mass is 16.5. The zero-order valence-corrected chi connectivity index (χ0v) is 18.3. The molecule has 2 bridgehead atoms. The number of ether oxygens (including phenoxy) is 2. The third-order valence-corrected chi connectivity index (χ3v) is 5.87. The molecule has 0 saturated carbocycles. The van der Waals surface area contributed by atoms with E-state index in [0.717, 1.165) is 17.7 Å². The first-order valence-electron chi connectivity index (χ1n) is 10.9. The van der Waals surface area contributed by atoms with Crippen LogP contribution in [0.4, 0.5) is 5.69 Å². The molecular weight excluding hydrogens is 404 g/mol. The molecule has 1 amide bonds. The molecule has 0 aromatic heterocycles. The molecule has 2 aliphatic rings. The molecule has 2 aromatic carbocycles. The highest BCUT2D eigenvalue weighted by molar-refractivity contribution is 6.07. The molecule has 3 unspecified atom stereocenters. The second-order valence-corrected chi connectivity index (χ2v) is 7.98. The number of carbonyl (C=O) groups is 2. The molecule has 0 fully saturated rings. The van der Waals surface area contributed by atoms with E-state index in [1.165, 1.54) is 7.11 Å². The van der Waals surface area contributed by atoms with E-state index in [4.69, 9.17) is 9.47 Å². The average Bonchev–Trinajstić information content (AvgIpc) is 3.41. The van der Waals surface area contributed by atoms with E-state index in [2.05, 4.69) is 10.6 Å². The summed E-state index contributed by atoms with van der Waals surface area (Å²) in [5, 5.41) is 6.43. The van der Waals surface area contributed by atoms with Crippen LogP contribution in [0.15, 0.2) is 84.0 Å². The third-order valence-electron chi connectivity index (χ3n) is 5.87. The van der Waals surface area contributed by atoms with Gasteiger partial charge >= 0.3 is 5.97 Å². The molecule has 6 heteroatoms. The Bertz CT molecular complexity index is 991. The fourth-order valence-corrected chi connectivity index (χ4v) is 4.38. The molecule has 0 spiro atoms. The van der Waals surface area contributed by atoms with Gasteiger partial charge in [0.15, 0.2) is 0 Å². The Kier molecular flexibility index (Phi) is 6.42. The van der Waals surface area contributed by atoms with Crippen LogP contribution in [0.1, 0.15) is 18.9 Å². The van der Waals surface area contributed by atoms with Crippen molar-refractivity contribution in [2.24, 2.45) is 0 Å². The predicted molar refractivity (Wildman–Crippen MR) is 123 cm³/mol. The molecule has 0 aliphatic carbocycles. The van der Waals surface area contributed by atoms with E-state index in [9.17, 15) is 9.59 Å². The minimum Gasteiger partial charge on any atom is -0.466 e. The maximum absolute atomic E-state index is 13.0. The number of fused-ring (bicyclic) bond motifs is 2. The molecule has 3 atom stereocenters. The van der Waals surface area contributed by atoms with E-state index in [1.54, 1.807) is 0 Å². The highest BCUT2D eigenvalue weighted by Crippen LogP contribution is 2.47. The summed E-state index contributed by atoms with van der Waals surface area (Å²) in [6, 6.07) is 19.4. The highest BCUT2D eigenvalue weighted by Gasteiger charge is 2.58. The Morgan fingerprint density at radius 3 is 2.44 bits per heavy atom. The second kappa shape index (κ2) is 9.40. The van der Waals surface area contributed by atoms with Crippen LogP contribution in [0.3, 0.4) is 0 Å². The summed E-state index contributed by atoms with van der Waals surface area (Å²) < 4.78 is 11.5. The number of nitrogens with one attached hydrogen (secondary N) is 2. The van der Waals surface area contributed by atoms with Crippen molar-refractivity contribution < 1.29 is 19.1 Å². The minimum absolute atomic E-state index is 0.269. The lowest BCUT2D eigenvalue weighted by molar-refractivity contribution is -0.138. The Labute approximate surface area is 188 Å².